The Bertz CT molecular complexity index is 791. The normalized spacial score (nSPS) is 16.8. The molecule has 6 heteroatoms. The summed E-state index contributed by atoms with van der Waals surface area (Å²) in [5.74, 6) is -0.184. The summed E-state index contributed by atoms with van der Waals surface area (Å²) in [5.41, 5.74) is 1.25. The highest BCUT2D eigenvalue weighted by molar-refractivity contribution is 6.32. The lowest BCUT2D eigenvalue weighted by Gasteiger charge is -2.28. The molecule has 1 saturated carbocycles. The maximum atomic E-state index is 13.7. The molecule has 1 aliphatic rings. The molecule has 3 rings (SSSR count). The number of aromatic nitrogens is 1. The van der Waals surface area contributed by atoms with Crippen LogP contribution in [0.2, 0.25) is 5.15 Å². The minimum absolute atomic E-state index is 0.0405. The summed E-state index contributed by atoms with van der Waals surface area (Å²) in [6.45, 7) is 2.03. The molecule has 1 aliphatic carbocycles. The van der Waals surface area contributed by atoms with Gasteiger partial charge in [-0.05, 0) is 43.9 Å². The van der Waals surface area contributed by atoms with Gasteiger partial charge in [0.25, 0.3) is 5.91 Å². The molecule has 1 atom stereocenters. The quantitative estimate of drug-likeness (QED) is 0.562. The van der Waals surface area contributed by atoms with Crippen LogP contribution < -0.4 is 5.32 Å². The number of alkyl halides is 1. The summed E-state index contributed by atoms with van der Waals surface area (Å²) in [7, 11) is 0. The number of hydrogen-bond acceptors (Lipinski definition) is 2. The van der Waals surface area contributed by atoms with Crippen LogP contribution in [0.4, 0.5) is 4.39 Å². The third kappa shape index (κ3) is 3.90. The Morgan fingerprint density at radius 3 is 2.76 bits per heavy atom. The second kappa shape index (κ2) is 7.88. The Morgan fingerprint density at radius 1 is 1.36 bits per heavy atom. The van der Waals surface area contributed by atoms with Gasteiger partial charge in [-0.1, -0.05) is 30.9 Å². The lowest BCUT2D eigenvalue weighted by atomic mass is 9.84. The molecule has 1 fully saturated rings. The van der Waals surface area contributed by atoms with Crippen molar-refractivity contribution in [2.45, 2.75) is 50.9 Å². The molecule has 25 heavy (non-hydrogen) atoms. The number of fused-ring (bicyclic) bond motifs is 1. The number of rotatable bonds is 4. The minimum atomic E-state index is -0.425. The average molecular weight is 383 g/mol. The number of benzene rings is 1. The number of carbonyl (C=O) groups is 1. The Hall–Kier alpha value is -1.39. The molecule has 1 amide bonds. The van der Waals surface area contributed by atoms with E-state index >= 15 is 0 Å². The summed E-state index contributed by atoms with van der Waals surface area (Å²) < 4.78 is 13.7. The molecule has 0 radical (unpaired) electrons. The van der Waals surface area contributed by atoms with Crippen LogP contribution in [0.1, 0.15) is 54.9 Å². The molecule has 0 saturated heterocycles. The molecular weight excluding hydrogens is 362 g/mol. The van der Waals surface area contributed by atoms with E-state index in [2.05, 4.69) is 10.3 Å². The van der Waals surface area contributed by atoms with Gasteiger partial charge >= 0.3 is 0 Å². The first-order chi connectivity index (χ1) is 12.0. The van der Waals surface area contributed by atoms with Crippen molar-refractivity contribution in [2.75, 3.05) is 0 Å². The SMILES string of the molecule is C[C@H](NC(=O)c1c(CCl)c(Cl)nc2ccc(F)cc12)C1CCCCC1. The molecule has 1 heterocycles. The molecule has 0 unspecified atom stereocenters. The van der Waals surface area contributed by atoms with E-state index in [-0.39, 0.29) is 23.0 Å². The van der Waals surface area contributed by atoms with Gasteiger partial charge in [0, 0.05) is 17.0 Å². The summed E-state index contributed by atoms with van der Waals surface area (Å²) in [4.78, 5) is 17.2. The molecule has 0 spiro atoms. The second-order valence-corrected chi connectivity index (χ2v) is 7.34. The zero-order valence-electron chi connectivity index (χ0n) is 14.1. The molecule has 0 aliphatic heterocycles. The molecule has 134 valence electrons. The van der Waals surface area contributed by atoms with Crippen LogP contribution in [0, 0.1) is 11.7 Å². The number of nitrogens with one attached hydrogen (secondary N) is 1. The van der Waals surface area contributed by atoms with Crippen LogP contribution in [-0.2, 0) is 5.88 Å². The van der Waals surface area contributed by atoms with Crippen LogP contribution >= 0.6 is 23.2 Å². The standard InChI is InChI=1S/C19H21Cl2FN2O/c1-11(12-5-3-2-4-6-12)23-19(25)17-14-9-13(22)7-8-16(14)24-18(21)15(17)10-20/h7-9,11-12H,2-6,10H2,1H3,(H,23,25)/t11-/m0/s1. The van der Waals surface area contributed by atoms with E-state index in [4.69, 9.17) is 23.2 Å². The zero-order chi connectivity index (χ0) is 18.0. The maximum Gasteiger partial charge on any atom is 0.252 e. The number of amides is 1. The van der Waals surface area contributed by atoms with E-state index < -0.39 is 5.82 Å². The fourth-order valence-electron chi connectivity index (χ4n) is 3.66. The smallest absolute Gasteiger partial charge is 0.252 e. The minimum Gasteiger partial charge on any atom is -0.349 e. The van der Waals surface area contributed by atoms with Crippen molar-refractivity contribution in [2.24, 2.45) is 5.92 Å². The maximum absolute atomic E-state index is 13.7. The summed E-state index contributed by atoms with van der Waals surface area (Å²) in [6, 6.07) is 4.19. The van der Waals surface area contributed by atoms with Gasteiger partial charge in [-0.25, -0.2) is 9.37 Å². The Labute approximate surface area is 156 Å². The lowest BCUT2D eigenvalue weighted by molar-refractivity contribution is 0.0920. The third-order valence-electron chi connectivity index (χ3n) is 5.07. The van der Waals surface area contributed by atoms with Gasteiger partial charge in [-0.3, -0.25) is 4.79 Å². The molecule has 1 aromatic carbocycles. The first-order valence-electron chi connectivity index (χ1n) is 8.65. The number of carbonyl (C=O) groups excluding carboxylic acids is 1. The predicted molar refractivity (Wildman–Crippen MR) is 99.8 cm³/mol. The highest BCUT2D eigenvalue weighted by atomic mass is 35.5. The fraction of sp³-hybridized carbons (Fsp3) is 0.474. The Kier molecular flexibility index (Phi) is 5.80. The largest absolute Gasteiger partial charge is 0.349 e. The zero-order valence-corrected chi connectivity index (χ0v) is 15.6. The van der Waals surface area contributed by atoms with Crippen molar-refractivity contribution >= 4 is 40.0 Å². The Balaban J connectivity index is 1.97. The number of hydrogen-bond donors (Lipinski definition) is 1. The number of pyridine rings is 1. The summed E-state index contributed by atoms with van der Waals surface area (Å²) in [5, 5.41) is 3.70. The van der Waals surface area contributed by atoms with E-state index in [1.54, 1.807) is 0 Å². The number of nitrogens with zero attached hydrogens (tertiary/aromatic N) is 1. The predicted octanol–water partition coefficient (Wildman–Crippen LogP) is 5.46. The van der Waals surface area contributed by atoms with Gasteiger partial charge in [0.15, 0.2) is 0 Å². The molecule has 3 nitrogen and oxygen atoms in total. The van der Waals surface area contributed by atoms with Crippen molar-refractivity contribution < 1.29 is 9.18 Å². The van der Waals surface area contributed by atoms with Crippen LogP contribution in [0.5, 0.6) is 0 Å². The fourth-order valence-corrected chi connectivity index (χ4v) is 4.24. The van der Waals surface area contributed by atoms with Gasteiger partial charge < -0.3 is 5.32 Å². The van der Waals surface area contributed by atoms with E-state index in [1.807, 2.05) is 6.92 Å². The molecule has 2 aromatic rings. The van der Waals surface area contributed by atoms with Crippen molar-refractivity contribution in [3.8, 4) is 0 Å². The van der Waals surface area contributed by atoms with E-state index in [1.165, 1.54) is 37.5 Å². The van der Waals surface area contributed by atoms with Crippen LogP contribution in [0.3, 0.4) is 0 Å². The first-order valence-corrected chi connectivity index (χ1v) is 9.57. The molecule has 1 N–H and O–H groups in total. The topological polar surface area (TPSA) is 42.0 Å². The lowest BCUT2D eigenvalue weighted by Crippen LogP contribution is -2.39. The average Bonchev–Trinajstić information content (AvgIpc) is 2.61. The van der Waals surface area contributed by atoms with Gasteiger partial charge in [0.1, 0.15) is 11.0 Å². The van der Waals surface area contributed by atoms with Crippen LogP contribution in [0.15, 0.2) is 18.2 Å². The monoisotopic (exact) mass is 382 g/mol. The van der Waals surface area contributed by atoms with Crippen LogP contribution in [0.25, 0.3) is 10.9 Å². The second-order valence-electron chi connectivity index (χ2n) is 6.71. The first kappa shape index (κ1) is 18.4. The van der Waals surface area contributed by atoms with Gasteiger partial charge in [0.2, 0.25) is 0 Å². The van der Waals surface area contributed by atoms with Crippen molar-refractivity contribution in [3.63, 3.8) is 0 Å². The molecule has 0 bridgehead atoms. The number of halogens is 3. The van der Waals surface area contributed by atoms with Gasteiger partial charge in [0.05, 0.1) is 17.0 Å². The highest BCUT2D eigenvalue weighted by Gasteiger charge is 2.25. The van der Waals surface area contributed by atoms with E-state index in [0.717, 1.165) is 12.8 Å². The van der Waals surface area contributed by atoms with Crippen molar-refractivity contribution in [1.29, 1.82) is 0 Å². The third-order valence-corrected chi connectivity index (χ3v) is 5.65. The van der Waals surface area contributed by atoms with Crippen LogP contribution in [-0.4, -0.2) is 16.9 Å². The van der Waals surface area contributed by atoms with Gasteiger partial charge in [-0.15, -0.1) is 11.6 Å². The highest BCUT2D eigenvalue weighted by Crippen LogP contribution is 2.30. The van der Waals surface area contributed by atoms with E-state index in [0.29, 0.717) is 27.9 Å². The van der Waals surface area contributed by atoms with Crippen molar-refractivity contribution in [1.82, 2.24) is 10.3 Å². The summed E-state index contributed by atoms with van der Waals surface area (Å²) >= 11 is 12.2. The molecule has 1 aromatic heterocycles. The Morgan fingerprint density at radius 2 is 2.08 bits per heavy atom. The van der Waals surface area contributed by atoms with Gasteiger partial charge in [-0.2, -0.15) is 0 Å². The van der Waals surface area contributed by atoms with Crippen molar-refractivity contribution in [3.05, 3.63) is 40.3 Å². The van der Waals surface area contributed by atoms with E-state index in [9.17, 15) is 9.18 Å². The molecular formula is C19H21Cl2FN2O. The summed E-state index contributed by atoms with van der Waals surface area (Å²) in [6.07, 6.45) is 5.91.